The summed E-state index contributed by atoms with van der Waals surface area (Å²) in [7, 11) is 2.04. The van der Waals surface area contributed by atoms with Crippen molar-refractivity contribution in [3.63, 3.8) is 0 Å². The maximum absolute atomic E-state index is 11.5. The van der Waals surface area contributed by atoms with Crippen LogP contribution in [0, 0.1) is 0 Å². The summed E-state index contributed by atoms with van der Waals surface area (Å²) in [6, 6.07) is 0. The van der Waals surface area contributed by atoms with Crippen molar-refractivity contribution in [1.29, 1.82) is 0 Å². The Bertz CT molecular complexity index is 421. The monoisotopic (exact) mass is 264 g/mol. The summed E-state index contributed by atoms with van der Waals surface area (Å²) >= 11 is 0. The van der Waals surface area contributed by atoms with Crippen LogP contribution in [-0.4, -0.2) is 72.9 Å². The lowest BCUT2D eigenvalue weighted by molar-refractivity contribution is -0.414. The lowest BCUT2D eigenvalue weighted by atomic mass is 9.68. The lowest BCUT2D eigenvalue weighted by Crippen LogP contribution is -2.86. The van der Waals surface area contributed by atoms with Crippen LogP contribution in [0.1, 0.15) is 2.74 Å². The minimum Gasteiger partial charge on any atom is -0.467 e. The van der Waals surface area contributed by atoms with Gasteiger partial charge in [-0.25, -0.2) is 9.59 Å². The number of esters is 2. The summed E-state index contributed by atoms with van der Waals surface area (Å²) in [6.07, 6.45) is -3.67. The van der Waals surface area contributed by atoms with Gasteiger partial charge in [-0.3, -0.25) is 0 Å². The third kappa shape index (κ3) is 1.40. The van der Waals surface area contributed by atoms with Crippen molar-refractivity contribution in [3.05, 3.63) is 0 Å². The summed E-state index contributed by atoms with van der Waals surface area (Å²) in [5.74, 6) is -2.16. The van der Waals surface area contributed by atoms with Crippen LogP contribution in [0.25, 0.3) is 0 Å². The van der Waals surface area contributed by atoms with Crippen LogP contribution >= 0.6 is 0 Å². The molecule has 0 aromatic heterocycles. The number of ether oxygens (including phenoxy) is 4. The van der Waals surface area contributed by atoms with Gasteiger partial charge in [0.25, 0.3) is 0 Å². The van der Waals surface area contributed by atoms with Crippen LogP contribution in [0.4, 0.5) is 0 Å². The van der Waals surface area contributed by atoms with Crippen LogP contribution in [0.5, 0.6) is 0 Å². The first-order valence-corrected chi connectivity index (χ1v) is 5.01. The molecule has 1 spiro atoms. The molecule has 102 valence electrons. The molecule has 2 heterocycles. The number of hydrogen-bond donors (Lipinski definition) is 2. The molecule has 0 bridgehead atoms. The second-order valence-corrected chi connectivity index (χ2v) is 3.94. The highest BCUT2D eigenvalue weighted by atomic mass is 16.7. The normalized spacial score (nSPS) is 49.2. The van der Waals surface area contributed by atoms with Crippen molar-refractivity contribution in [1.82, 2.24) is 0 Å². The van der Waals surface area contributed by atoms with Gasteiger partial charge < -0.3 is 29.2 Å². The molecule has 8 nitrogen and oxygen atoms in total. The molecular weight excluding hydrogens is 248 g/mol. The molecule has 0 saturated carbocycles. The molecule has 2 rings (SSSR count). The topological polar surface area (TPSA) is 112 Å². The SMILES string of the molecule is [2H]C1O[C@@]2(C([2H])O[C@H]2C(=O)OC)[C@]1(O)[C@H](O)C(=O)OC. The van der Waals surface area contributed by atoms with Crippen molar-refractivity contribution >= 4 is 11.9 Å². The van der Waals surface area contributed by atoms with Crippen molar-refractivity contribution in [2.24, 2.45) is 0 Å². The van der Waals surface area contributed by atoms with Crippen LogP contribution in [0.2, 0.25) is 0 Å². The zero-order valence-electron chi connectivity index (χ0n) is 11.7. The van der Waals surface area contributed by atoms with Gasteiger partial charge in [0, 0.05) is 0 Å². The average Bonchev–Trinajstić information content (AvgIpc) is 2.45. The van der Waals surface area contributed by atoms with E-state index in [4.69, 9.17) is 12.2 Å². The molecule has 2 saturated heterocycles. The van der Waals surface area contributed by atoms with Crippen molar-refractivity contribution in [2.75, 3.05) is 27.4 Å². The Balaban J connectivity index is 2.36. The maximum atomic E-state index is 11.5. The number of carbonyl (C=O) groups excluding carboxylic acids is 2. The third-order valence-electron chi connectivity index (χ3n) is 3.08. The van der Waals surface area contributed by atoms with Gasteiger partial charge in [-0.05, 0) is 0 Å². The van der Waals surface area contributed by atoms with Gasteiger partial charge in [-0.1, -0.05) is 0 Å². The molecule has 2 aliphatic rings. The Hall–Kier alpha value is -1.22. The van der Waals surface area contributed by atoms with E-state index in [1.807, 2.05) is 0 Å². The van der Waals surface area contributed by atoms with Crippen LogP contribution in [0.15, 0.2) is 0 Å². The average molecular weight is 264 g/mol. The van der Waals surface area contributed by atoms with E-state index in [1.165, 1.54) is 0 Å². The van der Waals surface area contributed by atoms with Crippen LogP contribution in [-0.2, 0) is 28.5 Å². The third-order valence-corrected chi connectivity index (χ3v) is 3.08. The van der Waals surface area contributed by atoms with E-state index in [0.717, 1.165) is 14.2 Å². The molecule has 0 aliphatic carbocycles. The highest BCUT2D eigenvalue weighted by molar-refractivity contribution is 5.81. The quantitative estimate of drug-likeness (QED) is 0.542. The van der Waals surface area contributed by atoms with Gasteiger partial charge in [-0.15, -0.1) is 0 Å². The predicted octanol–water partition coefficient (Wildman–Crippen LogP) is -2.41. The van der Waals surface area contributed by atoms with Crippen LogP contribution in [0.3, 0.4) is 0 Å². The largest absolute Gasteiger partial charge is 0.467 e. The molecule has 0 aromatic rings. The number of methoxy groups -OCH3 is 2. The molecule has 0 radical (unpaired) electrons. The Kier molecular flexibility index (Phi) is 2.47. The van der Waals surface area contributed by atoms with E-state index >= 15 is 0 Å². The number of aliphatic hydroxyl groups is 2. The molecule has 8 heteroatoms. The number of aliphatic hydroxyl groups excluding tert-OH is 1. The zero-order valence-corrected chi connectivity index (χ0v) is 9.65. The highest BCUT2D eigenvalue weighted by Crippen LogP contribution is 2.49. The summed E-state index contributed by atoms with van der Waals surface area (Å²) < 4.78 is 33.6. The van der Waals surface area contributed by atoms with E-state index in [9.17, 15) is 19.8 Å². The van der Waals surface area contributed by atoms with Gasteiger partial charge in [0.05, 0.1) is 30.1 Å². The molecule has 0 amide bonds. The minimum absolute atomic E-state index is 0.948. The summed E-state index contributed by atoms with van der Waals surface area (Å²) in [5, 5.41) is 20.3. The Labute approximate surface area is 105 Å². The maximum Gasteiger partial charge on any atom is 0.338 e. The molecule has 18 heavy (non-hydrogen) atoms. The highest BCUT2D eigenvalue weighted by Gasteiger charge is 2.76. The smallest absolute Gasteiger partial charge is 0.338 e. The van der Waals surface area contributed by atoms with Crippen molar-refractivity contribution in [2.45, 2.75) is 23.4 Å². The first-order valence-electron chi connectivity index (χ1n) is 6.16. The summed E-state index contributed by atoms with van der Waals surface area (Å²) in [5.41, 5.74) is -4.55. The fraction of sp³-hybridized carbons (Fsp3) is 0.800. The van der Waals surface area contributed by atoms with Crippen molar-refractivity contribution in [3.8, 4) is 0 Å². The number of hydrogen-bond acceptors (Lipinski definition) is 8. The molecular formula is C10H14O8. The van der Waals surface area contributed by atoms with E-state index in [2.05, 4.69) is 9.47 Å². The number of rotatable bonds is 3. The van der Waals surface area contributed by atoms with Gasteiger partial charge in [-0.2, -0.15) is 0 Å². The molecule has 2 aliphatic heterocycles. The fourth-order valence-electron chi connectivity index (χ4n) is 1.88. The second kappa shape index (κ2) is 4.16. The van der Waals surface area contributed by atoms with E-state index in [0.29, 0.717) is 0 Å². The summed E-state index contributed by atoms with van der Waals surface area (Å²) in [6.45, 7) is -3.29. The predicted molar refractivity (Wildman–Crippen MR) is 53.4 cm³/mol. The number of carbonyl (C=O) groups is 2. The molecule has 0 aromatic carbocycles. The van der Waals surface area contributed by atoms with Gasteiger partial charge in [0.15, 0.2) is 23.4 Å². The standard InChI is InChI=1S/C10H14O8/c1-15-7(12)5(11)9(14)3-18-10(9)4-17-6(10)8(13)16-2/h5-6,11,14H,3-4H2,1-2H3/t5-,6+,9-,10-/m1/s1/i3D,4D/t3?,4?,5-,6+,9-,10-. The first kappa shape index (κ1) is 10.7. The Morgan fingerprint density at radius 2 is 2.11 bits per heavy atom. The molecule has 6 atom stereocenters. The van der Waals surface area contributed by atoms with Gasteiger partial charge in [0.2, 0.25) is 0 Å². The van der Waals surface area contributed by atoms with E-state index in [-0.39, 0.29) is 0 Å². The Morgan fingerprint density at radius 3 is 2.56 bits per heavy atom. The van der Waals surface area contributed by atoms with Crippen LogP contribution < -0.4 is 0 Å². The summed E-state index contributed by atoms with van der Waals surface area (Å²) in [4.78, 5) is 22.9. The van der Waals surface area contributed by atoms with Gasteiger partial charge in [0.1, 0.15) is 0 Å². The van der Waals surface area contributed by atoms with E-state index < -0.39 is 48.5 Å². The molecule has 2 unspecified atom stereocenters. The first-order chi connectivity index (χ1) is 9.27. The van der Waals surface area contributed by atoms with Gasteiger partial charge >= 0.3 is 11.9 Å². The second-order valence-electron chi connectivity index (χ2n) is 3.94. The zero-order chi connectivity index (χ0) is 15.3. The minimum atomic E-state index is -2.51. The Morgan fingerprint density at radius 1 is 1.44 bits per heavy atom. The van der Waals surface area contributed by atoms with E-state index in [1.54, 1.807) is 0 Å². The van der Waals surface area contributed by atoms with Crippen molar-refractivity contribution < 1.29 is 41.5 Å². The molecule has 2 N–H and O–H groups in total. The lowest BCUT2D eigenvalue weighted by Gasteiger charge is -2.62. The molecule has 2 fully saturated rings. The fourth-order valence-corrected chi connectivity index (χ4v) is 1.88.